The lowest BCUT2D eigenvalue weighted by Gasteiger charge is -2.18. The van der Waals surface area contributed by atoms with Crippen LogP contribution in [0.5, 0.6) is 0 Å². The van der Waals surface area contributed by atoms with Crippen LogP contribution in [0.15, 0.2) is 170 Å². The summed E-state index contributed by atoms with van der Waals surface area (Å²) in [7, 11) is 0. The first kappa shape index (κ1) is 57.8. The van der Waals surface area contributed by atoms with Crippen LogP contribution in [-0.4, -0.2) is 37.2 Å². The van der Waals surface area contributed by atoms with Gasteiger partial charge in [0, 0.05) is 19.3 Å². The van der Waals surface area contributed by atoms with Crippen molar-refractivity contribution in [2.24, 2.45) is 0 Å². The van der Waals surface area contributed by atoms with Crippen LogP contribution in [-0.2, 0) is 28.6 Å². The molecule has 0 aliphatic heterocycles. The number of hydrogen-bond acceptors (Lipinski definition) is 6. The van der Waals surface area contributed by atoms with E-state index in [0.29, 0.717) is 25.7 Å². The minimum absolute atomic E-state index is 0.150. The monoisotopic (exact) mass is 863 g/mol. The van der Waals surface area contributed by atoms with Gasteiger partial charge in [-0.2, -0.15) is 0 Å². The molecule has 6 nitrogen and oxygen atoms in total. The Morgan fingerprint density at radius 1 is 0.333 bits per heavy atom. The van der Waals surface area contributed by atoms with Crippen molar-refractivity contribution < 1.29 is 28.6 Å². The Kier molecular flexibility index (Phi) is 45.3. The van der Waals surface area contributed by atoms with Gasteiger partial charge >= 0.3 is 17.9 Å². The Morgan fingerprint density at radius 2 is 0.698 bits per heavy atom. The molecular weight excluding hydrogens is 781 g/mol. The Bertz CT molecular complexity index is 1550. The highest BCUT2D eigenvalue weighted by molar-refractivity contribution is 5.71. The van der Waals surface area contributed by atoms with Crippen LogP contribution in [0.2, 0.25) is 0 Å². The summed E-state index contributed by atoms with van der Waals surface area (Å²) in [4.78, 5) is 37.8. The van der Waals surface area contributed by atoms with E-state index in [4.69, 9.17) is 14.2 Å². The second kappa shape index (κ2) is 49.4. The zero-order valence-corrected chi connectivity index (χ0v) is 39.2. The van der Waals surface area contributed by atoms with Gasteiger partial charge in [0.25, 0.3) is 0 Å². The molecule has 0 amide bonds. The molecule has 1 unspecified atom stereocenters. The zero-order valence-electron chi connectivity index (χ0n) is 39.2. The number of ether oxygens (including phenoxy) is 3. The lowest BCUT2D eigenvalue weighted by molar-refractivity contribution is -0.166. The number of allylic oxidation sites excluding steroid dienone is 28. The maximum absolute atomic E-state index is 12.7. The number of rotatable bonds is 39. The van der Waals surface area contributed by atoms with E-state index in [2.05, 4.69) is 112 Å². The molecule has 0 saturated heterocycles. The van der Waals surface area contributed by atoms with Gasteiger partial charge < -0.3 is 14.2 Å². The first-order chi connectivity index (χ1) is 31.0. The maximum atomic E-state index is 12.7. The molecule has 0 radical (unpaired) electrons. The third-order valence-corrected chi connectivity index (χ3v) is 8.90. The largest absolute Gasteiger partial charge is 0.462 e. The van der Waals surface area contributed by atoms with Gasteiger partial charge in [-0.3, -0.25) is 14.4 Å². The van der Waals surface area contributed by atoms with Crippen LogP contribution < -0.4 is 0 Å². The second-order valence-corrected chi connectivity index (χ2v) is 14.7. The van der Waals surface area contributed by atoms with Crippen molar-refractivity contribution in [2.45, 2.75) is 155 Å². The molecule has 63 heavy (non-hydrogen) atoms. The van der Waals surface area contributed by atoms with Gasteiger partial charge in [-0.25, -0.2) is 0 Å². The molecule has 0 heterocycles. The van der Waals surface area contributed by atoms with Crippen molar-refractivity contribution in [3.8, 4) is 0 Å². The van der Waals surface area contributed by atoms with Crippen LogP contribution in [0.3, 0.4) is 0 Å². The Hall–Kier alpha value is -5.23. The topological polar surface area (TPSA) is 78.9 Å². The fraction of sp³-hybridized carbons (Fsp3) is 0.456. The molecule has 0 aromatic carbocycles. The minimum atomic E-state index is -0.862. The van der Waals surface area contributed by atoms with Gasteiger partial charge in [-0.1, -0.05) is 210 Å². The molecule has 0 saturated carbocycles. The predicted molar refractivity (Wildman–Crippen MR) is 269 cm³/mol. The van der Waals surface area contributed by atoms with Gasteiger partial charge in [-0.15, -0.1) is 0 Å². The molecule has 0 spiro atoms. The fourth-order valence-electron chi connectivity index (χ4n) is 5.44. The van der Waals surface area contributed by atoms with E-state index < -0.39 is 18.0 Å². The molecule has 0 aliphatic rings. The summed E-state index contributed by atoms with van der Waals surface area (Å²) in [5.41, 5.74) is 0. The quantitative estimate of drug-likeness (QED) is 0.0201. The predicted octanol–water partition coefficient (Wildman–Crippen LogP) is 15.6. The molecule has 0 bridgehead atoms. The van der Waals surface area contributed by atoms with Crippen LogP contribution in [0.4, 0.5) is 0 Å². The molecule has 0 rings (SSSR count). The van der Waals surface area contributed by atoms with E-state index in [0.717, 1.165) is 89.9 Å². The lowest BCUT2D eigenvalue weighted by Crippen LogP contribution is -2.30. The number of carbonyl (C=O) groups excluding carboxylic acids is 3. The molecule has 6 heteroatoms. The van der Waals surface area contributed by atoms with Crippen LogP contribution in [0, 0.1) is 0 Å². The number of hydrogen-bond donors (Lipinski definition) is 0. The highest BCUT2D eigenvalue weighted by atomic mass is 16.6. The average Bonchev–Trinajstić information content (AvgIpc) is 3.28. The second-order valence-electron chi connectivity index (χ2n) is 14.7. The smallest absolute Gasteiger partial charge is 0.306 e. The summed E-state index contributed by atoms with van der Waals surface area (Å²) < 4.78 is 16.6. The van der Waals surface area contributed by atoms with Gasteiger partial charge in [0.15, 0.2) is 6.10 Å². The summed E-state index contributed by atoms with van der Waals surface area (Å²) >= 11 is 0. The van der Waals surface area contributed by atoms with Crippen molar-refractivity contribution in [2.75, 3.05) is 13.2 Å². The van der Waals surface area contributed by atoms with Gasteiger partial charge in [-0.05, 0) is 89.9 Å². The Labute approximate surface area is 383 Å². The highest BCUT2D eigenvalue weighted by Gasteiger charge is 2.19. The van der Waals surface area contributed by atoms with Gasteiger partial charge in [0.2, 0.25) is 0 Å². The van der Waals surface area contributed by atoms with E-state index in [1.807, 2.05) is 79.0 Å². The summed E-state index contributed by atoms with van der Waals surface area (Å²) in [5.74, 6) is -1.15. The van der Waals surface area contributed by atoms with Crippen molar-refractivity contribution in [3.63, 3.8) is 0 Å². The van der Waals surface area contributed by atoms with Crippen molar-refractivity contribution in [3.05, 3.63) is 170 Å². The fourth-order valence-corrected chi connectivity index (χ4v) is 5.44. The first-order valence-electron chi connectivity index (χ1n) is 23.7. The Balaban J connectivity index is 4.67. The van der Waals surface area contributed by atoms with E-state index in [9.17, 15) is 14.4 Å². The van der Waals surface area contributed by atoms with Crippen molar-refractivity contribution >= 4 is 17.9 Å². The number of unbranched alkanes of at least 4 members (excludes halogenated alkanes) is 6. The summed E-state index contributed by atoms with van der Waals surface area (Å²) in [6.45, 7) is 6.05. The van der Waals surface area contributed by atoms with Crippen LogP contribution >= 0.6 is 0 Å². The average molecular weight is 863 g/mol. The number of esters is 3. The SMILES string of the molecule is CC/C=C/C=C/C=C/C=C/C=C/CCCC(=O)OC(COC(=O)CC/C=C/C/C=C/C/C=C/C/C=C/C/C=C/C/C=C/CC)COC(=O)CCCCCCC/C=C/C=C/C=C/CC. The molecule has 0 aromatic heterocycles. The Morgan fingerprint density at radius 3 is 1.19 bits per heavy atom. The van der Waals surface area contributed by atoms with E-state index in [-0.39, 0.29) is 32.0 Å². The van der Waals surface area contributed by atoms with Crippen LogP contribution in [0.25, 0.3) is 0 Å². The molecule has 0 fully saturated rings. The summed E-state index contributed by atoms with van der Waals surface area (Å²) in [5, 5.41) is 0. The zero-order chi connectivity index (χ0) is 45.8. The molecule has 346 valence electrons. The highest BCUT2D eigenvalue weighted by Crippen LogP contribution is 2.10. The third kappa shape index (κ3) is 47.7. The third-order valence-electron chi connectivity index (χ3n) is 8.90. The minimum Gasteiger partial charge on any atom is -0.462 e. The maximum Gasteiger partial charge on any atom is 0.306 e. The lowest BCUT2D eigenvalue weighted by atomic mass is 10.1. The van der Waals surface area contributed by atoms with Gasteiger partial charge in [0.05, 0.1) is 0 Å². The molecule has 1 atom stereocenters. The van der Waals surface area contributed by atoms with Gasteiger partial charge in [0.1, 0.15) is 13.2 Å². The van der Waals surface area contributed by atoms with Crippen LogP contribution in [0.1, 0.15) is 149 Å². The molecule has 0 aliphatic carbocycles. The molecule has 0 N–H and O–H groups in total. The van der Waals surface area contributed by atoms with E-state index in [1.54, 1.807) is 0 Å². The first-order valence-corrected chi connectivity index (χ1v) is 23.7. The van der Waals surface area contributed by atoms with E-state index >= 15 is 0 Å². The van der Waals surface area contributed by atoms with Crippen molar-refractivity contribution in [1.29, 1.82) is 0 Å². The summed E-state index contributed by atoms with van der Waals surface area (Å²) in [6, 6.07) is 0. The van der Waals surface area contributed by atoms with Crippen molar-refractivity contribution in [1.82, 2.24) is 0 Å². The number of carbonyl (C=O) groups is 3. The van der Waals surface area contributed by atoms with E-state index in [1.165, 1.54) is 0 Å². The summed E-state index contributed by atoms with van der Waals surface area (Å²) in [6.07, 6.45) is 73.6. The normalized spacial score (nSPS) is 13.6. The standard InChI is InChI=1S/C57H82O6/c1-4-7-10-13-16-19-22-25-26-27-28-29-30-33-35-38-41-44-47-50-56(59)62-53-54(63-57(60)51-48-45-42-39-36-32-24-21-18-15-12-9-6-3)52-61-55(58)49-46-43-40-37-34-31-23-20-17-14-11-8-5-2/h7-12,14-21,23-26,28-29,32-33,35-36,39,41-42,44,54H,4-6,13,22,27,30-31,34,37-38,40,43,45-53H2,1-3H3/b10-7+,11-8+,12-9+,17-14+,18-15+,19-16+,23-20+,24-21+,26-25+,29-28+,35-33+,36-32+,42-39+,44-41+. The molecule has 0 aromatic rings. The molecular formula is C57H82O6.